The van der Waals surface area contributed by atoms with E-state index < -0.39 is 36.0 Å². The number of hydrogen-bond donors (Lipinski definition) is 3. The zero-order chi connectivity index (χ0) is 15.7. The smallest absolute Gasteiger partial charge is 0.187 e. The lowest BCUT2D eigenvalue weighted by atomic mass is 9.90. The Kier molecular flexibility index (Phi) is 5.57. The Labute approximate surface area is 120 Å². The first kappa shape index (κ1) is 17.8. The highest BCUT2D eigenvalue weighted by Crippen LogP contribution is 2.32. The predicted octanol–water partition coefficient (Wildman–Crippen LogP) is 0.629. The molecule has 5 unspecified atom stereocenters. The molecule has 0 aromatic heterocycles. The van der Waals surface area contributed by atoms with Gasteiger partial charge in [-0.3, -0.25) is 0 Å². The third-order valence-electron chi connectivity index (χ3n) is 3.10. The van der Waals surface area contributed by atoms with Crippen LogP contribution >= 0.6 is 0 Å². The van der Waals surface area contributed by atoms with Crippen LogP contribution < -0.4 is 0 Å². The zero-order valence-electron chi connectivity index (χ0n) is 13.2. The van der Waals surface area contributed by atoms with Crippen molar-refractivity contribution >= 4 is 0 Å². The summed E-state index contributed by atoms with van der Waals surface area (Å²) >= 11 is 0. The summed E-state index contributed by atoms with van der Waals surface area (Å²) in [5.41, 5.74) is -0.508. The second-order valence-corrected chi connectivity index (χ2v) is 6.83. The molecule has 1 heterocycles. The number of ether oxygens (including phenoxy) is 3. The molecule has 1 saturated heterocycles. The normalized spacial score (nSPS) is 36.1. The van der Waals surface area contributed by atoms with E-state index in [4.69, 9.17) is 14.2 Å². The summed E-state index contributed by atoms with van der Waals surface area (Å²) in [4.78, 5) is 0. The van der Waals surface area contributed by atoms with Gasteiger partial charge in [-0.25, -0.2) is 0 Å². The first-order valence-corrected chi connectivity index (χ1v) is 6.97. The first-order chi connectivity index (χ1) is 8.94. The van der Waals surface area contributed by atoms with Gasteiger partial charge in [0.2, 0.25) is 0 Å². The Morgan fingerprint density at radius 2 is 1.65 bits per heavy atom. The van der Waals surface area contributed by atoms with Gasteiger partial charge in [-0.05, 0) is 34.6 Å². The van der Waals surface area contributed by atoms with Crippen LogP contribution in [0.15, 0.2) is 0 Å². The predicted molar refractivity (Wildman–Crippen MR) is 72.9 cm³/mol. The van der Waals surface area contributed by atoms with Crippen LogP contribution in [0.1, 0.15) is 41.5 Å². The number of aliphatic hydroxyl groups is 3. The van der Waals surface area contributed by atoms with Crippen molar-refractivity contribution in [1.82, 2.24) is 0 Å². The van der Waals surface area contributed by atoms with Crippen LogP contribution in [0.4, 0.5) is 0 Å². The van der Waals surface area contributed by atoms with Crippen molar-refractivity contribution in [3.63, 3.8) is 0 Å². The largest absolute Gasteiger partial charge is 0.394 e. The van der Waals surface area contributed by atoms with E-state index in [0.717, 1.165) is 0 Å². The van der Waals surface area contributed by atoms with Gasteiger partial charge < -0.3 is 29.5 Å². The van der Waals surface area contributed by atoms with E-state index >= 15 is 0 Å². The Morgan fingerprint density at radius 3 is 2.05 bits per heavy atom. The SMILES string of the molecule is CC1C(CO)OC(OC(C)(C)C)C(O)C1OC(C)(C)O. The van der Waals surface area contributed by atoms with Crippen LogP contribution in [-0.2, 0) is 14.2 Å². The molecule has 0 amide bonds. The van der Waals surface area contributed by atoms with E-state index in [-0.39, 0.29) is 12.5 Å². The Bertz CT molecular complexity index is 306. The molecule has 6 heteroatoms. The summed E-state index contributed by atoms with van der Waals surface area (Å²) < 4.78 is 16.8. The molecule has 1 rings (SSSR count). The molecule has 0 saturated carbocycles. The topological polar surface area (TPSA) is 88.4 Å². The second-order valence-electron chi connectivity index (χ2n) is 6.83. The molecule has 1 aliphatic rings. The van der Waals surface area contributed by atoms with E-state index in [9.17, 15) is 15.3 Å². The van der Waals surface area contributed by atoms with E-state index in [0.29, 0.717) is 0 Å². The second kappa shape index (κ2) is 6.25. The van der Waals surface area contributed by atoms with E-state index in [1.54, 1.807) is 6.92 Å². The van der Waals surface area contributed by atoms with Crippen LogP contribution in [-0.4, -0.2) is 57.9 Å². The highest BCUT2D eigenvalue weighted by atomic mass is 16.7. The zero-order valence-corrected chi connectivity index (χ0v) is 13.2. The van der Waals surface area contributed by atoms with Gasteiger partial charge in [0, 0.05) is 5.92 Å². The fraction of sp³-hybridized carbons (Fsp3) is 1.00. The molecular formula is C14H28O6. The van der Waals surface area contributed by atoms with Crippen molar-refractivity contribution in [2.24, 2.45) is 5.92 Å². The van der Waals surface area contributed by atoms with Gasteiger partial charge in [-0.1, -0.05) is 6.92 Å². The average Bonchev–Trinajstić information content (AvgIpc) is 2.25. The lowest BCUT2D eigenvalue weighted by molar-refractivity contribution is -0.340. The molecule has 0 spiro atoms. The van der Waals surface area contributed by atoms with Crippen molar-refractivity contribution in [3.8, 4) is 0 Å². The van der Waals surface area contributed by atoms with Gasteiger partial charge in [0.15, 0.2) is 12.1 Å². The maximum atomic E-state index is 10.4. The summed E-state index contributed by atoms with van der Waals surface area (Å²) in [6.45, 7) is 10.1. The summed E-state index contributed by atoms with van der Waals surface area (Å²) in [6.07, 6.45) is -3.15. The third kappa shape index (κ3) is 4.95. The van der Waals surface area contributed by atoms with Crippen LogP contribution in [0.5, 0.6) is 0 Å². The maximum absolute atomic E-state index is 10.4. The number of aliphatic hydroxyl groups excluding tert-OH is 2. The molecule has 3 N–H and O–H groups in total. The summed E-state index contributed by atoms with van der Waals surface area (Å²) in [7, 11) is 0. The van der Waals surface area contributed by atoms with Gasteiger partial charge in [0.05, 0.1) is 24.4 Å². The molecule has 0 bridgehead atoms. The van der Waals surface area contributed by atoms with Gasteiger partial charge in [0.1, 0.15) is 6.10 Å². The first-order valence-electron chi connectivity index (χ1n) is 6.97. The van der Waals surface area contributed by atoms with Gasteiger partial charge in [-0.2, -0.15) is 0 Å². The molecule has 5 atom stereocenters. The lowest BCUT2D eigenvalue weighted by Gasteiger charge is -2.45. The molecule has 120 valence electrons. The molecule has 0 radical (unpaired) electrons. The van der Waals surface area contributed by atoms with Crippen molar-refractivity contribution in [2.75, 3.05) is 6.61 Å². The highest BCUT2D eigenvalue weighted by molar-refractivity contribution is 4.89. The fourth-order valence-electron chi connectivity index (χ4n) is 2.22. The highest BCUT2D eigenvalue weighted by Gasteiger charge is 2.46. The van der Waals surface area contributed by atoms with Crippen LogP contribution in [0.25, 0.3) is 0 Å². The molecule has 6 nitrogen and oxygen atoms in total. The monoisotopic (exact) mass is 292 g/mol. The van der Waals surface area contributed by atoms with E-state index in [1.165, 1.54) is 13.8 Å². The maximum Gasteiger partial charge on any atom is 0.187 e. The van der Waals surface area contributed by atoms with Crippen LogP contribution in [0.3, 0.4) is 0 Å². The minimum absolute atomic E-state index is 0.205. The van der Waals surface area contributed by atoms with E-state index in [2.05, 4.69) is 0 Å². The molecule has 0 aromatic carbocycles. The summed E-state index contributed by atoms with van der Waals surface area (Å²) in [5, 5.41) is 29.6. The minimum atomic E-state index is -1.39. The molecule has 1 fully saturated rings. The van der Waals surface area contributed by atoms with Crippen molar-refractivity contribution in [2.45, 2.75) is 77.5 Å². The number of rotatable bonds is 4. The number of hydrogen-bond acceptors (Lipinski definition) is 6. The average molecular weight is 292 g/mol. The van der Waals surface area contributed by atoms with Crippen molar-refractivity contribution in [3.05, 3.63) is 0 Å². The van der Waals surface area contributed by atoms with Crippen LogP contribution in [0.2, 0.25) is 0 Å². The fourth-order valence-corrected chi connectivity index (χ4v) is 2.22. The van der Waals surface area contributed by atoms with Crippen molar-refractivity contribution < 1.29 is 29.5 Å². The van der Waals surface area contributed by atoms with E-state index in [1.807, 2.05) is 20.8 Å². The lowest BCUT2D eigenvalue weighted by Crippen LogP contribution is -2.59. The molecule has 20 heavy (non-hydrogen) atoms. The quantitative estimate of drug-likeness (QED) is 0.659. The Morgan fingerprint density at radius 1 is 1.10 bits per heavy atom. The van der Waals surface area contributed by atoms with Crippen LogP contribution in [0, 0.1) is 5.92 Å². The molecule has 1 aliphatic heterocycles. The van der Waals surface area contributed by atoms with Gasteiger partial charge in [-0.15, -0.1) is 0 Å². The minimum Gasteiger partial charge on any atom is -0.394 e. The Balaban J connectivity index is 2.90. The molecular weight excluding hydrogens is 264 g/mol. The Hall–Kier alpha value is -0.240. The summed E-state index contributed by atoms with van der Waals surface area (Å²) in [5.74, 6) is -1.66. The standard InChI is InChI=1S/C14H28O6/c1-8-9(7-15)18-12(20-13(2,3)4)10(16)11(8)19-14(5,6)17/h8-12,15-17H,7H2,1-6H3. The summed E-state index contributed by atoms with van der Waals surface area (Å²) in [6, 6.07) is 0. The van der Waals surface area contributed by atoms with Gasteiger partial charge in [0.25, 0.3) is 0 Å². The van der Waals surface area contributed by atoms with Crippen molar-refractivity contribution in [1.29, 1.82) is 0 Å². The third-order valence-corrected chi connectivity index (χ3v) is 3.10. The molecule has 0 aromatic rings. The van der Waals surface area contributed by atoms with Gasteiger partial charge >= 0.3 is 0 Å². The molecule has 0 aliphatic carbocycles.